The van der Waals surface area contributed by atoms with Crippen LogP contribution in [0.15, 0.2) is 328 Å². The molecule has 0 radical (unpaired) electrons. The van der Waals surface area contributed by atoms with E-state index < -0.39 is 0 Å². The molecule has 0 saturated carbocycles. The van der Waals surface area contributed by atoms with Gasteiger partial charge in [-0.05, 0) is 152 Å². The molecule has 4 heterocycles. The van der Waals surface area contributed by atoms with Gasteiger partial charge in [0.25, 0.3) is 0 Å². The van der Waals surface area contributed by atoms with Crippen LogP contribution < -0.4 is 0 Å². The monoisotopic (exact) mass is 1250 g/mol. The summed E-state index contributed by atoms with van der Waals surface area (Å²) in [5.74, 6) is 1.86. The van der Waals surface area contributed by atoms with Crippen LogP contribution in [0.3, 0.4) is 0 Å². The largest absolute Gasteiger partial charge is 0.255 e. The van der Waals surface area contributed by atoms with Gasteiger partial charge >= 0.3 is 0 Å². The summed E-state index contributed by atoms with van der Waals surface area (Å²) in [6.07, 6.45) is 1.97. The summed E-state index contributed by atoms with van der Waals surface area (Å²) in [6, 6.07) is 117. The number of benzene rings is 15. The molecule has 0 saturated heterocycles. The number of pyridine rings is 1. The average Bonchev–Trinajstić information content (AvgIpc) is 0.826. The Hall–Kier alpha value is -12.1. The quantitative estimate of drug-likeness (QED) is 0.128. The van der Waals surface area contributed by atoms with Gasteiger partial charge in [-0.3, -0.25) is 4.98 Å². The molecule has 0 atom stereocenters. The predicted octanol–water partition coefficient (Wildman–Crippen LogP) is 25.3. The first-order valence-corrected chi connectivity index (χ1v) is 34.1. The van der Waals surface area contributed by atoms with E-state index >= 15 is 0 Å². The minimum Gasteiger partial charge on any atom is -0.255 e. The van der Waals surface area contributed by atoms with E-state index in [0.717, 1.165) is 44.6 Å². The maximum Gasteiger partial charge on any atom is 0.164 e. The van der Waals surface area contributed by atoms with E-state index in [0.29, 0.717) is 17.5 Å². The van der Waals surface area contributed by atoms with Crippen molar-refractivity contribution >= 4 is 106 Å². The number of hydrogen-bond donors (Lipinski definition) is 0. The Morgan fingerprint density at radius 3 is 1.33 bits per heavy atom. The van der Waals surface area contributed by atoms with Gasteiger partial charge in [0.05, 0.1) is 10.4 Å². The van der Waals surface area contributed by atoms with Crippen molar-refractivity contribution in [1.82, 2.24) is 19.9 Å². The molecule has 19 aromatic rings. The fraction of sp³-hybridized carbons (Fsp3) is 0. The molecule has 0 aliphatic heterocycles. The van der Waals surface area contributed by atoms with Crippen LogP contribution in [-0.4, -0.2) is 19.9 Å². The van der Waals surface area contributed by atoms with Crippen molar-refractivity contribution in [3.8, 4) is 112 Å². The molecule has 0 aliphatic rings. The summed E-state index contributed by atoms with van der Waals surface area (Å²) in [5, 5.41) is 14.6. The SMILES string of the molecule is c1ccc(-c2ccc(-c3cccc4c3sc3c(-c5cccc(-c6nc(-c7ccccc7)nc(-c7ccc(-c8ccc9cc(-c%10c%11ccccc%11c(-c%11ccc%12ccccc%12c%11)c%11ccc(-c%12nccc%13c%12sc%12ccccc%12%13)cc%10%11)ccc9c8)cc7)n6)c5)cccc34)cc2)cc1. The Labute approximate surface area is 562 Å². The fourth-order valence-electron chi connectivity index (χ4n) is 14.5. The van der Waals surface area contributed by atoms with Gasteiger partial charge in [-0.2, -0.15) is 0 Å². The number of thiophene rings is 2. The minimum atomic E-state index is 0.614. The van der Waals surface area contributed by atoms with E-state index in [1.54, 1.807) is 0 Å². The van der Waals surface area contributed by atoms with Crippen LogP contribution in [0.5, 0.6) is 0 Å². The van der Waals surface area contributed by atoms with E-state index in [1.807, 2.05) is 47.1 Å². The molecule has 0 aliphatic carbocycles. The zero-order chi connectivity index (χ0) is 63.2. The first kappa shape index (κ1) is 55.6. The third kappa shape index (κ3) is 9.56. The van der Waals surface area contributed by atoms with Crippen LogP contribution in [0.1, 0.15) is 0 Å². The highest BCUT2D eigenvalue weighted by Crippen LogP contribution is 2.49. The van der Waals surface area contributed by atoms with Gasteiger partial charge in [0.2, 0.25) is 0 Å². The molecule has 0 bridgehead atoms. The summed E-state index contributed by atoms with van der Waals surface area (Å²) in [7, 11) is 0. The smallest absolute Gasteiger partial charge is 0.164 e. The molecule has 19 rings (SSSR count). The molecule has 96 heavy (non-hydrogen) atoms. The lowest BCUT2D eigenvalue weighted by molar-refractivity contribution is 1.07. The van der Waals surface area contributed by atoms with Crippen molar-refractivity contribution < 1.29 is 0 Å². The van der Waals surface area contributed by atoms with Crippen molar-refractivity contribution in [1.29, 1.82) is 0 Å². The molecule has 446 valence electrons. The second-order valence-corrected chi connectivity index (χ2v) is 26.8. The van der Waals surface area contributed by atoms with Gasteiger partial charge in [-0.1, -0.05) is 279 Å². The highest BCUT2D eigenvalue weighted by Gasteiger charge is 2.22. The van der Waals surface area contributed by atoms with E-state index in [-0.39, 0.29) is 0 Å². The summed E-state index contributed by atoms with van der Waals surface area (Å²) >= 11 is 3.69. The molecule has 0 N–H and O–H groups in total. The van der Waals surface area contributed by atoms with E-state index in [4.69, 9.17) is 19.9 Å². The fourth-order valence-corrected chi connectivity index (χ4v) is 17.0. The molecule has 4 aromatic heterocycles. The maximum atomic E-state index is 5.27. The highest BCUT2D eigenvalue weighted by atomic mass is 32.1. The van der Waals surface area contributed by atoms with Gasteiger partial charge < -0.3 is 0 Å². The van der Waals surface area contributed by atoms with Crippen molar-refractivity contribution in [2.24, 2.45) is 0 Å². The van der Waals surface area contributed by atoms with Crippen LogP contribution in [0.25, 0.3) is 196 Å². The molecule has 0 spiro atoms. The third-order valence-electron chi connectivity index (χ3n) is 19.2. The second-order valence-electron chi connectivity index (χ2n) is 24.8. The van der Waals surface area contributed by atoms with Gasteiger partial charge in [0.15, 0.2) is 17.5 Å². The molecule has 4 nitrogen and oxygen atoms in total. The Balaban J connectivity index is 0.670. The molecule has 0 unspecified atom stereocenters. The average molecular weight is 1260 g/mol. The Morgan fingerprint density at radius 2 is 0.635 bits per heavy atom. The summed E-state index contributed by atoms with van der Waals surface area (Å²) in [6.45, 7) is 0. The number of nitrogens with zero attached hydrogens (tertiary/aromatic N) is 4. The van der Waals surface area contributed by atoms with Crippen molar-refractivity contribution in [3.05, 3.63) is 328 Å². The van der Waals surface area contributed by atoms with E-state index in [1.165, 1.54) is 134 Å². The first-order valence-electron chi connectivity index (χ1n) is 32.5. The van der Waals surface area contributed by atoms with Crippen LogP contribution >= 0.6 is 22.7 Å². The third-order valence-corrected chi connectivity index (χ3v) is 21.6. The zero-order valence-electron chi connectivity index (χ0n) is 51.8. The molecule has 6 heteroatoms. The van der Waals surface area contributed by atoms with Crippen molar-refractivity contribution in [3.63, 3.8) is 0 Å². The maximum absolute atomic E-state index is 5.27. The minimum absolute atomic E-state index is 0.614. The second kappa shape index (κ2) is 22.9. The lowest BCUT2D eigenvalue weighted by Gasteiger charge is -2.19. The van der Waals surface area contributed by atoms with E-state index in [2.05, 4.69) is 303 Å². The Kier molecular flexibility index (Phi) is 13.3. The van der Waals surface area contributed by atoms with Crippen LogP contribution in [-0.2, 0) is 0 Å². The lowest BCUT2D eigenvalue weighted by atomic mass is 9.84. The number of rotatable bonds is 10. The van der Waals surface area contributed by atoms with Gasteiger partial charge in [0.1, 0.15) is 0 Å². The molecular weight excluding hydrogens is 1200 g/mol. The summed E-state index contributed by atoms with van der Waals surface area (Å²) < 4.78 is 5.00. The topological polar surface area (TPSA) is 51.6 Å². The Bertz CT molecular complexity index is 6310. The molecule has 0 fully saturated rings. The normalized spacial score (nSPS) is 11.8. The van der Waals surface area contributed by atoms with Gasteiger partial charge in [0, 0.05) is 64.1 Å². The molecule has 15 aromatic carbocycles. The summed E-state index contributed by atoms with van der Waals surface area (Å²) in [5.41, 5.74) is 19.1. The standard InChI is InChI=1S/C90H54N4S2/c1-3-16-55(17-4-1)57-32-37-59(38-33-57)71-27-14-29-77-78-30-15-28-72(86(78)96-85(71)77)66-22-13-23-70(53-66)90-93-88(60-19-5-2-6-20-60)92-89(94-90)61-39-34-58(35-40-61)63-41-42-65-52-68(45-43-64(65)50-63)83-75-26-10-9-25-74(75)82(67-44-36-56-18-7-8-21-62(56)51-67)76-47-46-69(54-80(76)83)84-87-79(48-49-91-84)73-24-11-12-31-81(73)95-87/h1-54H. The van der Waals surface area contributed by atoms with Crippen molar-refractivity contribution in [2.45, 2.75) is 0 Å². The first-order chi connectivity index (χ1) is 47.5. The zero-order valence-corrected chi connectivity index (χ0v) is 53.4. The van der Waals surface area contributed by atoms with Crippen LogP contribution in [0.4, 0.5) is 0 Å². The number of hydrogen-bond acceptors (Lipinski definition) is 6. The number of fused-ring (bicyclic) bond motifs is 10. The van der Waals surface area contributed by atoms with Crippen LogP contribution in [0, 0.1) is 0 Å². The summed E-state index contributed by atoms with van der Waals surface area (Å²) in [4.78, 5) is 20.7. The molecule has 0 amide bonds. The highest BCUT2D eigenvalue weighted by molar-refractivity contribution is 7.27. The lowest BCUT2D eigenvalue weighted by Crippen LogP contribution is -2.00. The van der Waals surface area contributed by atoms with E-state index in [9.17, 15) is 0 Å². The van der Waals surface area contributed by atoms with Gasteiger partial charge in [-0.25, -0.2) is 15.0 Å². The number of aromatic nitrogens is 4. The van der Waals surface area contributed by atoms with Gasteiger partial charge in [-0.15, -0.1) is 22.7 Å². The predicted molar refractivity (Wildman–Crippen MR) is 408 cm³/mol. The van der Waals surface area contributed by atoms with Crippen molar-refractivity contribution in [2.75, 3.05) is 0 Å². The Morgan fingerprint density at radius 1 is 0.208 bits per heavy atom. The molecular formula is C90H54N4S2. The van der Waals surface area contributed by atoms with Crippen LogP contribution in [0.2, 0.25) is 0 Å².